The zero-order valence-electron chi connectivity index (χ0n) is 26.4. The smallest absolute Gasteiger partial charge is 0.273 e. The number of carbonyl (C=O) groups excluding carboxylic acids is 2. The number of ether oxygens (including phenoxy) is 1. The average molecular weight is 697 g/mol. The van der Waals surface area contributed by atoms with E-state index in [-0.39, 0.29) is 47.1 Å². The van der Waals surface area contributed by atoms with Gasteiger partial charge in [-0.25, -0.2) is 12.8 Å². The highest BCUT2D eigenvalue weighted by Crippen LogP contribution is 2.36. The number of sulfonamides is 1. The Morgan fingerprint density at radius 3 is 2.35 bits per heavy atom. The maximum absolute atomic E-state index is 15.0. The van der Waals surface area contributed by atoms with Crippen LogP contribution in [0.5, 0.6) is 5.75 Å². The second-order valence-electron chi connectivity index (χ2n) is 10.7. The number of hydrogen-bond donors (Lipinski definition) is 1. The number of rotatable bonds is 14. The van der Waals surface area contributed by atoms with Gasteiger partial charge in [0.25, 0.3) is 15.7 Å². The Hall–Kier alpha value is -5.01. The molecule has 0 heterocycles. The first-order valence-electron chi connectivity index (χ1n) is 14.8. The minimum Gasteiger partial charge on any atom is -0.495 e. The number of nitrogens with one attached hydrogen (secondary N) is 1. The lowest BCUT2D eigenvalue weighted by atomic mass is 10.0. The van der Waals surface area contributed by atoms with Gasteiger partial charge >= 0.3 is 0 Å². The van der Waals surface area contributed by atoms with Crippen LogP contribution in [0.1, 0.15) is 23.6 Å². The molecular formula is C34H34ClFN4O7S. The quantitative estimate of drug-likeness (QED) is 0.132. The van der Waals surface area contributed by atoms with Crippen molar-refractivity contribution >= 4 is 44.8 Å². The molecule has 0 bridgehead atoms. The molecule has 0 fully saturated rings. The summed E-state index contributed by atoms with van der Waals surface area (Å²) in [6.07, 6.45) is 0.0320. The first kappa shape index (κ1) is 35.8. The van der Waals surface area contributed by atoms with Crippen LogP contribution in [0.2, 0.25) is 5.02 Å². The van der Waals surface area contributed by atoms with Crippen molar-refractivity contribution in [3.05, 3.63) is 129 Å². The van der Waals surface area contributed by atoms with Crippen LogP contribution in [0.4, 0.5) is 15.8 Å². The van der Waals surface area contributed by atoms with Crippen LogP contribution in [-0.2, 0) is 32.6 Å². The maximum atomic E-state index is 15.0. The van der Waals surface area contributed by atoms with Crippen molar-refractivity contribution in [1.29, 1.82) is 0 Å². The van der Waals surface area contributed by atoms with Gasteiger partial charge in [-0.15, -0.1) is 0 Å². The molecule has 14 heteroatoms. The molecule has 48 heavy (non-hydrogen) atoms. The summed E-state index contributed by atoms with van der Waals surface area (Å²) in [5.74, 6) is -1.99. The standard InChI is InChI=1S/C34H34ClFN4O7S/c1-4-37-34(42)31(18-24-10-6-5-7-11-24)38(21-25-12-8-9-13-28(25)36)33(41)22-39(30-19-26(35)15-17-32(30)47-3)48(45,46)27-16-14-23(2)29(20-27)40(43)44/h5-17,19-20,31H,4,18,21-22H2,1-3H3,(H,37,42)/t31-/m1/s1. The maximum Gasteiger partial charge on any atom is 0.273 e. The van der Waals surface area contributed by atoms with E-state index in [1.807, 2.05) is 0 Å². The summed E-state index contributed by atoms with van der Waals surface area (Å²) in [4.78, 5) is 39.8. The van der Waals surface area contributed by atoms with Crippen LogP contribution in [-0.4, -0.2) is 56.3 Å². The second-order valence-corrected chi connectivity index (χ2v) is 13.0. The number of hydrogen-bond acceptors (Lipinski definition) is 7. The van der Waals surface area contributed by atoms with E-state index >= 15 is 4.39 Å². The number of nitro groups is 1. The van der Waals surface area contributed by atoms with Crippen LogP contribution in [0.25, 0.3) is 0 Å². The molecule has 1 N–H and O–H groups in total. The van der Waals surface area contributed by atoms with Crippen LogP contribution >= 0.6 is 11.6 Å². The van der Waals surface area contributed by atoms with Gasteiger partial charge in [-0.1, -0.05) is 66.2 Å². The Bertz CT molecular complexity index is 1910. The van der Waals surface area contributed by atoms with Crippen molar-refractivity contribution in [2.75, 3.05) is 24.5 Å². The Morgan fingerprint density at radius 2 is 1.71 bits per heavy atom. The summed E-state index contributed by atoms with van der Waals surface area (Å²) < 4.78 is 49.9. The van der Waals surface area contributed by atoms with Gasteiger partial charge in [0.2, 0.25) is 11.8 Å². The van der Waals surface area contributed by atoms with E-state index in [2.05, 4.69) is 5.32 Å². The number of halogens is 2. The number of aryl methyl sites for hydroxylation is 1. The number of anilines is 1. The van der Waals surface area contributed by atoms with E-state index in [0.717, 1.165) is 15.3 Å². The number of carbonyl (C=O) groups is 2. The van der Waals surface area contributed by atoms with Crippen molar-refractivity contribution in [3.63, 3.8) is 0 Å². The number of amides is 2. The van der Waals surface area contributed by atoms with Crippen LogP contribution < -0.4 is 14.4 Å². The van der Waals surface area contributed by atoms with Crippen molar-refractivity contribution in [2.45, 2.75) is 37.8 Å². The fourth-order valence-corrected chi connectivity index (χ4v) is 6.70. The highest BCUT2D eigenvalue weighted by atomic mass is 35.5. The van der Waals surface area contributed by atoms with Gasteiger partial charge in [-0.3, -0.25) is 24.0 Å². The van der Waals surface area contributed by atoms with E-state index in [1.165, 1.54) is 62.6 Å². The third-order valence-corrected chi connectivity index (χ3v) is 9.57. The van der Waals surface area contributed by atoms with Gasteiger partial charge < -0.3 is 15.0 Å². The minimum atomic E-state index is -4.73. The van der Waals surface area contributed by atoms with Gasteiger partial charge in [-0.2, -0.15) is 0 Å². The molecule has 4 aromatic carbocycles. The molecule has 252 valence electrons. The molecule has 4 rings (SSSR count). The molecular weight excluding hydrogens is 663 g/mol. The molecule has 2 amide bonds. The first-order chi connectivity index (χ1) is 22.9. The van der Waals surface area contributed by atoms with Gasteiger partial charge in [0.15, 0.2) is 0 Å². The molecule has 4 aromatic rings. The van der Waals surface area contributed by atoms with Gasteiger partial charge in [0, 0.05) is 41.7 Å². The molecule has 0 aromatic heterocycles. The zero-order valence-corrected chi connectivity index (χ0v) is 28.0. The summed E-state index contributed by atoms with van der Waals surface area (Å²) in [6.45, 7) is 2.13. The molecule has 0 aliphatic rings. The Balaban J connectivity index is 1.89. The topological polar surface area (TPSA) is 139 Å². The molecule has 0 aliphatic heterocycles. The molecule has 0 saturated heterocycles. The molecule has 0 radical (unpaired) electrons. The summed E-state index contributed by atoms with van der Waals surface area (Å²) >= 11 is 6.29. The summed E-state index contributed by atoms with van der Waals surface area (Å²) in [5.41, 5.74) is 0.444. The second kappa shape index (κ2) is 15.7. The largest absolute Gasteiger partial charge is 0.495 e. The number of likely N-dealkylation sites (N-methyl/N-ethyl adjacent to an activating group) is 1. The highest BCUT2D eigenvalue weighted by molar-refractivity contribution is 7.92. The fourth-order valence-electron chi connectivity index (χ4n) is 5.10. The normalized spacial score (nSPS) is 11.8. The Morgan fingerprint density at radius 1 is 1.02 bits per heavy atom. The molecule has 0 saturated carbocycles. The van der Waals surface area contributed by atoms with Crippen molar-refractivity contribution in [1.82, 2.24) is 10.2 Å². The van der Waals surface area contributed by atoms with Crippen LogP contribution in [0, 0.1) is 22.9 Å². The lowest BCUT2D eigenvalue weighted by Crippen LogP contribution is -2.53. The van der Waals surface area contributed by atoms with Gasteiger partial charge in [0.1, 0.15) is 24.2 Å². The zero-order chi connectivity index (χ0) is 35.0. The SMILES string of the molecule is CCNC(=O)[C@@H](Cc1ccccc1)N(Cc1ccccc1F)C(=O)CN(c1cc(Cl)ccc1OC)S(=O)(=O)c1ccc(C)c([N+](=O)[O-])c1. The van der Waals surface area contributed by atoms with E-state index in [1.54, 1.807) is 43.3 Å². The monoisotopic (exact) mass is 696 g/mol. The summed E-state index contributed by atoms with van der Waals surface area (Å²) in [6, 6.07) is 21.0. The predicted octanol–water partition coefficient (Wildman–Crippen LogP) is 5.68. The Kier molecular flexibility index (Phi) is 11.7. The third kappa shape index (κ3) is 8.28. The van der Waals surface area contributed by atoms with E-state index < -0.39 is 55.7 Å². The molecule has 0 spiro atoms. The molecule has 1 atom stereocenters. The number of nitro benzene ring substituents is 1. The van der Waals surface area contributed by atoms with Crippen molar-refractivity contribution < 1.29 is 32.1 Å². The number of nitrogens with zero attached hydrogens (tertiary/aromatic N) is 3. The molecule has 11 nitrogen and oxygen atoms in total. The van der Waals surface area contributed by atoms with Crippen molar-refractivity contribution in [2.24, 2.45) is 0 Å². The summed E-state index contributed by atoms with van der Waals surface area (Å²) in [5, 5.41) is 14.6. The lowest BCUT2D eigenvalue weighted by Gasteiger charge is -2.34. The Labute approximate surface area is 283 Å². The molecule has 0 unspecified atom stereocenters. The fraction of sp³-hybridized carbons (Fsp3) is 0.235. The van der Waals surface area contributed by atoms with Crippen LogP contribution in [0.15, 0.2) is 95.9 Å². The predicted molar refractivity (Wildman–Crippen MR) is 180 cm³/mol. The minimum absolute atomic E-state index is 0.0302. The summed E-state index contributed by atoms with van der Waals surface area (Å²) in [7, 11) is -3.44. The lowest BCUT2D eigenvalue weighted by molar-refractivity contribution is -0.385. The average Bonchev–Trinajstić information content (AvgIpc) is 3.06. The first-order valence-corrected chi connectivity index (χ1v) is 16.6. The molecule has 0 aliphatic carbocycles. The van der Waals surface area contributed by atoms with E-state index in [9.17, 15) is 28.1 Å². The number of methoxy groups -OCH3 is 1. The van der Waals surface area contributed by atoms with Gasteiger partial charge in [0.05, 0.1) is 22.6 Å². The van der Waals surface area contributed by atoms with Gasteiger partial charge in [-0.05, 0) is 49.7 Å². The van der Waals surface area contributed by atoms with E-state index in [0.29, 0.717) is 5.56 Å². The van der Waals surface area contributed by atoms with Crippen LogP contribution in [0.3, 0.4) is 0 Å². The third-order valence-electron chi connectivity index (χ3n) is 7.57. The van der Waals surface area contributed by atoms with E-state index in [4.69, 9.17) is 16.3 Å². The number of benzene rings is 4. The highest BCUT2D eigenvalue weighted by Gasteiger charge is 2.36. The van der Waals surface area contributed by atoms with Crippen molar-refractivity contribution in [3.8, 4) is 5.75 Å².